The largest absolute Gasteiger partial charge is 0.496 e. The van der Waals surface area contributed by atoms with Crippen molar-refractivity contribution in [1.29, 1.82) is 0 Å². The minimum atomic E-state index is -0.960. The molecule has 5 nitrogen and oxygen atoms in total. The van der Waals surface area contributed by atoms with E-state index >= 15 is 0 Å². The zero-order chi connectivity index (χ0) is 14.7. The molecule has 0 aliphatic carbocycles. The lowest BCUT2D eigenvalue weighted by Crippen LogP contribution is -2.48. The van der Waals surface area contributed by atoms with Gasteiger partial charge in [0, 0.05) is 44.0 Å². The number of aromatic carboxylic acids is 1. The molecule has 2 rings (SSSR count). The molecule has 0 bridgehead atoms. The van der Waals surface area contributed by atoms with Gasteiger partial charge in [0.25, 0.3) is 0 Å². The summed E-state index contributed by atoms with van der Waals surface area (Å²) in [6.07, 6.45) is 0. The molecule has 20 heavy (non-hydrogen) atoms. The van der Waals surface area contributed by atoms with E-state index < -0.39 is 5.97 Å². The highest BCUT2D eigenvalue weighted by Gasteiger charge is 2.20. The molecule has 0 unspecified atom stereocenters. The molecule has 1 aromatic rings. The van der Waals surface area contributed by atoms with Crippen LogP contribution in [-0.4, -0.2) is 55.3 Å². The number of carboxylic acid groups (broad SMARTS) is 1. The van der Waals surface area contributed by atoms with Crippen LogP contribution in [0.25, 0.3) is 0 Å². The lowest BCUT2D eigenvalue weighted by Gasteiger charge is -2.38. The minimum Gasteiger partial charge on any atom is -0.496 e. The van der Waals surface area contributed by atoms with Gasteiger partial charge in [-0.05, 0) is 26.0 Å². The van der Waals surface area contributed by atoms with Gasteiger partial charge >= 0.3 is 5.97 Å². The lowest BCUT2D eigenvalue weighted by atomic mass is 10.1. The summed E-state index contributed by atoms with van der Waals surface area (Å²) in [5.41, 5.74) is 1.23. The summed E-state index contributed by atoms with van der Waals surface area (Å²) in [6.45, 7) is 8.38. The van der Waals surface area contributed by atoms with Crippen LogP contribution >= 0.6 is 0 Å². The third-order valence-electron chi connectivity index (χ3n) is 3.83. The van der Waals surface area contributed by atoms with Gasteiger partial charge in [-0.25, -0.2) is 4.79 Å². The first-order valence-corrected chi connectivity index (χ1v) is 6.93. The number of rotatable bonds is 4. The van der Waals surface area contributed by atoms with Gasteiger partial charge in [0.05, 0.1) is 7.11 Å². The molecule has 0 spiro atoms. The first-order valence-electron chi connectivity index (χ1n) is 6.93. The van der Waals surface area contributed by atoms with E-state index in [2.05, 4.69) is 23.6 Å². The minimum absolute atomic E-state index is 0.206. The Morgan fingerprint density at radius 2 is 1.90 bits per heavy atom. The van der Waals surface area contributed by atoms with E-state index in [1.165, 1.54) is 7.11 Å². The summed E-state index contributed by atoms with van der Waals surface area (Å²) in [5.74, 6) is -0.542. The Morgan fingerprint density at radius 3 is 2.40 bits per heavy atom. The molecule has 1 heterocycles. The van der Waals surface area contributed by atoms with Crippen molar-refractivity contribution in [1.82, 2.24) is 4.90 Å². The van der Waals surface area contributed by atoms with E-state index in [0.29, 0.717) is 11.8 Å². The Labute approximate surface area is 119 Å². The summed E-state index contributed by atoms with van der Waals surface area (Å²) >= 11 is 0. The molecule has 0 aromatic heterocycles. The summed E-state index contributed by atoms with van der Waals surface area (Å²) in [5, 5.41) is 9.09. The highest BCUT2D eigenvalue weighted by molar-refractivity contribution is 5.91. The smallest absolute Gasteiger partial charge is 0.339 e. The van der Waals surface area contributed by atoms with E-state index in [4.69, 9.17) is 9.84 Å². The van der Waals surface area contributed by atoms with Crippen LogP contribution in [0.4, 0.5) is 5.69 Å². The Hall–Kier alpha value is -1.75. The van der Waals surface area contributed by atoms with Gasteiger partial charge in [-0.2, -0.15) is 0 Å². The van der Waals surface area contributed by atoms with Crippen molar-refractivity contribution in [3.8, 4) is 5.75 Å². The van der Waals surface area contributed by atoms with Gasteiger partial charge < -0.3 is 14.7 Å². The van der Waals surface area contributed by atoms with E-state index in [0.717, 1.165) is 31.9 Å². The number of benzene rings is 1. The number of carboxylic acids is 1. The van der Waals surface area contributed by atoms with Crippen LogP contribution in [0.2, 0.25) is 0 Å². The van der Waals surface area contributed by atoms with Crippen LogP contribution in [-0.2, 0) is 0 Å². The highest BCUT2D eigenvalue weighted by Crippen LogP contribution is 2.26. The second-order valence-corrected chi connectivity index (χ2v) is 5.31. The Kier molecular flexibility index (Phi) is 4.49. The van der Waals surface area contributed by atoms with Gasteiger partial charge in [-0.1, -0.05) is 0 Å². The Morgan fingerprint density at radius 1 is 1.25 bits per heavy atom. The SMILES string of the molecule is COc1cc(N2CCN(C(C)C)CC2)ccc1C(=O)O. The predicted molar refractivity (Wildman–Crippen MR) is 78.9 cm³/mol. The van der Waals surface area contributed by atoms with Gasteiger partial charge in [-0.3, -0.25) is 4.90 Å². The predicted octanol–water partition coefficient (Wildman–Crippen LogP) is 1.92. The van der Waals surface area contributed by atoms with Gasteiger partial charge in [0.2, 0.25) is 0 Å². The zero-order valence-electron chi connectivity index (χ0n) is 12.3. The average molecular weight is 278 g/mol. The van der Waals surface area contributed by atoms with E-state index in [-0.39, 0.29) is 5.56 Å². The number of carbonyl (C=O) groups is 1. The van der Waals surface area contributed by atoms with Crippen LogP contribution in [0.15, 0.2) is 18.2 Å². The average Bonchev–Trinajstić information content (AvgIpc) is 2.46. The lowest BCUT2D eigenvalue weighted by molar-refractivity contribution is 0.0693. The van der Waals surface area contributed by atoms with Crippen LogP contribution in [0, 0.1) is 0 Å². The quantitative estimate of drug-likeness (QED) is 0.912. The van der Waals surface area contributed by atoms with Crippen molar-refractivity contribution in [2.45, 2.75) is 19.9 Å². The number of ether oxygens (including phenoxy) is 1. The summed E-state index contributed by atoms with van der Waals surface area (Å²) in [6, 6.07) is 5.86. The molecule has 1 N–H and O–H groups in total. The maximum Gasteiger partial charge on any atom is 0.339 e. The van der Waals surface area contributed by atoms with Gasteiger partial charge in [-0.15, -0.1) is 0 Å². The first-order chi connectivity index (χ1) is 9.52. The number of hydrogen-bond donors (Lipinski definition) is 1. The third kappa shape index (κ3) is 3.04. The maximum atomic E-state index is 11.1. The van der Waals surface area contributed by atoms with E-state index in [9.17, 15) is 4.79 Å². The topological polar surface area (TPSA) is 53.0 Å². The molecule has 0 amide bonds. The van der Waals surface area contributed by atoms with Crippen LogP contribution < -0.4 is 9.64 Å². The summed E-state index contributed by atoms with van der Waals surface area (Å²) in [4.78, 5) is 15.8. The fourth-order valence-corrected chi connectivity index (χ4v) is 2.55. The van der Waals surface area contributed by atoms with Crippen molar-refractivity contribution in [3.63, 3.8) is 0 Å². The Bertz CT molecular complexity index is 480. The summed E-state index contributed by atoms with van der Waals surface area (Å²) in [7, 11) is 1.50. The third-order valence-corrected chi connectivity index (χ3v) is 3.83. The number of methoxy groups -OCH3 is 1. The zero-order valence-corrected chi connectivity index (χ0v) is 12.3. The number of nitrogens with zero attached hydrogens (tertiary/aromatic N) is 2. The second kappa shape index (κ2) is 6.13. The molecule has 110 valence electrons. The number of piperazine rings is 1. The normalized spacial score (nSPS) is 16.5. The first kappa shape index (κ1) is 14.7. The molecule has 0 radical (unpaired) electrons. The van der Waals surface area contributed by atoms with Gasteiger partial charge in [0.15, 0.2) is 0 Å². The van der Waals surface area contributed by atoms with Crippen molar-refractivity contribution in [3.05, 3.63) is 23.8 Å². The monoisotopic (exact) mass is 278 g/mol. The molecule has 1 aromatic carbocycles. The molecule has 0 atom stereocenters. The van der Waals surface area contributed by atoms with E-state index in [1.54, 1.807) is 6.07 Å². The molecule has 5 heteroatoms. The molecule has 1 fully saturated rings. The molecular weight excluding hydrogens is 256 g/mol. The summed E-state index contributed by atoms with van der Waals surface area (Å²) < 4.78 is 5.18. The van der Waals surface area contributed by atoms with Crippen LogP contribution in [0.1, 0.15) is 24.2 Å². The van der Waals surface area contributed by atoms with Crippen LogP contribution in [0.5, 0.6) is 5.75 Å². The van der Waals surface area contributed by atoms with Crippen molar-refractivity contribution in [2.75, 3.05) is 38.2 Å². The van der Waals surface area contributed by atoms with Crippen molar-refractivity contribution >= 4 is 11.7 Å². The van der Waals surface area contributed by atoms with Crippen molar-refractivity contribution in [2.24, 2.45) is 0 Å². The molecule has 1 saturated heterocycles. The number of anilines is 1. The Balaban J connectivity index is 2.12. The molecular formula is C15H22N2O3. The fourth-order valence-electron chi connectivity index (χ4n) is 2.55. The molecule has 0 saturated carbocycles. The second-order valence-electron chi connectivity index (χ2n) is 5.31. The maximum absolute atomic E-state index is 11.1. The fraction of sp³-hybridized carbons (Fsp3) is 0.533. The standard InChI is InChI=1S/C15H22N2O3/c1-11(2)16-6-8-17(9-7-16)12-4-5-13(15(18)19)14(10-12)20-3/h4-5,10-11H,6-9H2,1-3H3,(H,18,19). The number of hydrogen-bond acceptors (Lipinski definition) is 4. The molecule has 1 aliphatic heterocycles. The van der Waals surface area contributed by atoms with E-state index in [1.807, 2.05) is 12.1 Å². The highest BCUT2D eigenvalue weighted by atomic mass is 16.5. The van der Waals surface area contributed by atoms with Crippen molar-refractivity contribution < 1.29 is 14.6 Å². The molecule has 1 aliphatic rings. The van der Waals surface area contributed by atoms with Gasteiger partial charge in [0.1, 0.15) is 11.3 Å². The van der Waals surface area contributed by atoms with Crippen LogP contribution in [0.3, 0.4) is 0 Å².